The molecule has 0 amide bonds. The van der Waals surface area contributed by atoms with Gasteiger partial charge in [0.05, 0.1) is 11.8 Å². The summed E-state index contributed by atoms with van der Waals surface area (Å²) in [5, 5.41) is 1.83. The first-order valence-corrected chi connectivity index (χ1v) is 7.89. The molecule has 0 saturated carbocycles. The first-order valence-electron chi connectivity index (χ1n) is 6.00. The van der Waals surface area contributed by atoms with Crippen molar-refractivity contribution in [1.29, 1.82) is 0 Å². The summed E-state index contributed by atoms with van der Waals surface area (Å²) in [6.45, 7) is 0. The lowest BCUT2D eigenvalue weighted by atomic mass is 9.65. The van der Waals surface area contributed by atoms with Gasteiger partial charge in [-0.3, -0.25) is 9.59 Å². The van der Waals surface area contributed by atoms with Crippen LogP contribution in [0.2, 0.25) is 0 Å². The van der Waals surface area contributed by atoms with E-state index < -0.39 is 0 Å². The minimum Gasteiger partial charge on any atom is -0.393 e. The van der Waals surface area contributed by atoms with Crippen LogP contribution in [0.25, 0.3) is 0 Å². The molecule has 5 heterocycles. The molecule has 0 aromatic rings. The second-order valence-corrected chi connectivity index (χ2v) is 8.18. The van der Waals surface area contributed by atoms with Crippen LogP contribution in [0.5, 0.6) is 0 Å². The highest BCUT2D eigenvalue weighted by Gasteiger charge is 2.71. The second kappa shape index (κ2) is 2.77. The van der Waals surface area contributed by atoms with Crippen molar-refractivity contribution in [2.45, 2.75) is 21.0 Å². The fourth-order valence-corrected chi connectivity index (χ4v) is 8.71. The highest BCUT2D eigenvalue weighted by atomic mass is 32.2. The van der Waals surface area contributed by atoms with Crippen LogP contribution in [0.15, 0.2) is 12.2 Å². The van der Waals surface area contributed by atoms with Gasteiger partial charge in [-0.1, -0.05) is 12.2 Å². The van der Waals surface area contributed by atoms with Crippen LogP contribution in [0, 0.1) is 23.7 Å². The van der Waals surface area contributed by atoms with Gasteiger partial charge in [-0.05, 0) is 11.8 Å². The maximum absolute atomic E-state index is 11.8. The van der Waals surface area contributed by atoms with Gasteiger partial charge in [0.1, 0.15) is 0 Å². The molecule has 5 aliphatic rings. The number of thioether (sulfide) groups is 2. The average Bonchev–Trinajstić information content (AvgIpc) is 3.03. The van der Waals surface area contributed by atoms with Crippen molar-refractivity contribution in [3.63, 3.8) is 0 Å². The van der Waals surface area contributed by atoms with Gasteiger partial charge in [0.15, 0.2) is 0 Å². The molecule has 8 atom stereocenters. The molecule has 0 spiro atoms. The molecule has 0 N–H and O–H groups in total. The fraction of sp³-hybridized carbons (Fsp3) is 0.667. The van der Waals surface area contributed by atoms with Crippen LogP contribution in [0.3, 0.4) is 0 Å². The molecule has 17 heavy (non-hydrogen) atoms. The molecule has 4 fully saturated rings. The van der Waals surface area contributed by atoms with Gasteiger partial charge in [-0.15, -0.1) is 11.8 Å². The van der Waals surface area contributed by atoms with E-state index >= 15 is 0 Å². The Kier molecular flexibility index (Phi) is 1.55. The quantitative estimate of drug-likeness (QED) is 0.373. The smallest absolute Gasteiger partial charge is 0.318 e. The molecule has 4 saturated heterocycles. The van der Waals surface area contributed by atoms with Crippen molar-refractivity contribution in [3.8, 4) is 0 Å². The van der Waals surface area contributed by atoms with E-state index in [-0.39, 0.29) is 23.8 Å². The Morgan fingerprint density at radius 2 is 1.41 bits per heavy atom. The zero-order valence-electron chi connectivity index (χ0n) is 8.81. The normalized spacial score (nSPS) is 60.9. The summed E-state index contributed by atoms with van der Waals surface area (Å²) in [6, 6.07) is 0. The first-order chi connectivity index (χ1) is 8.25. The van der Waals surface area contributed by atoms with Gasteiger partial charge in [0, 0.05) is 21.0 Å². The second-order valence-electron chi connectivity index (χ2n) is 5.46. The number of carbonyl (C=O) groups excluding carboxylic acids is 2. The maximum Gasteiger partial charge on any atom is 0.318 e. The van der Waals surface area contributed by atoms with Crippen LogP contribution in [-0.2, 0) is 14.3 Å². The molecule has 3 nitrogen and oxygen atoms in total. The molecule has 0 aromatic heterocycles. The molecule has 5 rings (SSSR count). The monoisotopic (exact) mass is 266 g/mol. The van der Waals surface area contributed by atoms with Crippen LogP contribution < -0.4 is 0 Å². The molecule has 5 aliphatic heterocycles. The van der Waals surface area contributed by atoms with E-state index in [1.165, 1.54) is 0 Å². The van der Waals surface area contributed by atoms with Crippen LogP contribution in [0.4, 0.5) is 0 Å². The molecule has 8 unspecified atom stereocenters. The number of ether oxygens (including phenoxy) is 1. The minimum atomic E-state index is -0.254. The van der Waals surface area contributed by atoms with Crippen molar-refractivity contribution in [2.75, 3.05) is 0 Å². The van der Waals surface area contributed by atoms with E-state index in [9.17, 15) is 9.59 Å². The molecule has 0 aliphatic carbocycles. The molecule has 4 bridgehead atoms. The standard InChI is InChI=1S/C12H10O3S2/c13-11-7-8(12(14)15-11)10-6-4-2-1-3(16-4)5(6)9(7)17-10/h1-10H. The minimum absolute atomic E-state index is 0.132. The molecule has 0 aromatic carbocycles. The topological polar surface area (TPSA) is 43.4 Å². The zero-order chi connectivity index (χ0) is 11.3. The lowest BCUT2D eigenvalue weighted by molar-refractivity contribution is -0.153. The average molecular weight is 266 g/mol. The molecule has 5 heteroatoms. The number of hydrogen-bond donors (Lipinski definition) is 0. The van der Waals surface area contributed by atoms with Crippen molar-refractivity contribution in [2.24, 2.45) is 23.7 Å². The van der Waals surface area contributed by atoms with Gasteiger partial charge in [0.25, 0.3) is 0 Å². The third kappa shape index (κ3) is 0.898. The Labute approximate surface area is 107 Å². The zero-order valence-corrected chi connectivity index (χ0v) is 10.4. The third-order valence-corrected chi connectivity index (χ3v) is 8.34. The van der Waals surface area contributed by atoms with Gasteiger partial charge < -0.3 is 4.74 Å². The highest BCUT2D eigenvalue weighted by Crippen LogP contribution is 2.69. The van der Waals surface area contributed by atoms with E-state index in [2.05, 4.69) is 12.2 Å². The van der Waals surface area contributed by atoms with Crippen molar-refractivity contribution in [3.05, 3.63) is 12.2 Å². The summed E-state index contributed by atoms with van der Waals surface area (Å²) in [4.78, 5) is 23.5. The maximum atomic E-state index is 11.8. The van der Waals surface area contributed by atoms with Gasteiger partial charge in [-0.2, -0.15) is 11.8 Å². The van der Waals surface area contributed by atoms with Crippen LogP contribution >= 0.6 is 23.5 Å². The molecular weight excluding hydrogens is 256 g/mol. The number of hydrogen-bond acceptors (Lipinski definition) is 5. The van der Waals surface area contributed by atoms with Gasteiger partial charge in [-0.25, -0.2) is 0 Å². The SMILES string of the molecule is O=C1OC(=O)C2C3SC(C12)C1C2C=CC(S2)C31. The number of cyclic esters (lactones) is 2. The summed E-state index contributed by atoms with van der Waals surface area (Å²) in [5.74, 6) is 0.430. The first kappa shape index (κ1) is 9.50. The number of esters is 2. The highest BCUT2D eigenvalue weighted by molar-refractivity contribution is 8.03. The Bertz CT molecular complexity index is 448. The summed E-state index contributed by atoms with van der Waals surface area (Å²) < 4.78 is 4.85. The summed E-state index contributed by atoms with van der Waals surface area (Å²) in [6.07, 6.45) is 4.60. The van der Waals surface area contributed by atoms with E-state index in [0.717, 1.165) is 0 Å². The van der Waals surface area contributed by atoms with Gasteiger partial charge in [0.2, 0.25) is 0 Å². The number of fused-ring (bicyclic) bond motifs is 12. The molecule has 88 valence electrons. The number of rotatable bonds is 0. The Morgan fingerprint density at radius 3 is 1.94 bits per heavy atom. The third-order valence-electron chi connectivity index (χ3n) is 4.92. The van der Waals surface area contributed by atoms with Crippen LogP contribution in [-0.4, -0.2) is 32.9 Å². The Hall–Kier alpha value is -0.420. The van der Waals surface area contributed by atoms with Crippen LogP contribution in [0.1, 0.15) is 0 Å². The Morgan fingerprint density at radius 1 is 0.882 bits per heavy atom. The largest absolute Gasteiger partial charge is 0.393 e. The van der Waals surface area contributed by atoms with Crippen molar-refractivity contribution >= 4 is 35.5 Å². The van der Waals surface area contributed by atoms with E-state index in [4.69, 9.17) is 4.74 Å². The molecule has 0 radical (unpaired) electrons. The lowest BCUT2D eigenvalue weighted by Gasteiger charge is -2.33. The summed E-state index contributed by atoms with van der Waals surface area (Å²) in [5.41, 5.74) is 0. The van der Waals surface area contributed by atoms with Crippen molar-refractivity contribution < 1.29 is 14.3 Å². The molecular formula is C12H10O3S2. The summed E-state index contributed by atoms with van der Waals surface area (Å²) in [7, 11) is 0. The van der Waals surface area contributed by atoms with E-state index in [1.54, 1.807) is 0 Å². The van der Waals surface area contributed by atoms with Gasteiger partial charge >= 0.3 is 11.9 Å². The predicted octanol–water partition coefficient (Wildman–Crippen LogP) is 1.09. The predicted molar refractivity (Wildman–Crippen MR) is 64.5 cm³/mol. The van der Waals surface area contributed by atoms with E-state index in [1.807, 2.05) is 23.5 Å². The lowest BCUT2D eigenvalue weighted by Crippen LogP contribution is -2.44. The fourth-order valence-electron chi connectivity index (χ4n) is 4.40. The van der Waals surface area contributed by atoms with Crippen molar-refractivity contribution in [1.82, 2.24) is 0 Å². The van der Waals surface area contributed by atoms with E-state index in [0.29, 0.717) is 32.8 Å². The Balaban J connectivity index is 1.64. The number of carbonyl (C=O) groups is 2. The summed E-state index contributed by atoms with van der Waals surface area (Å²) >= 11 is 3.92.